The predicted octanol–water partition coefficient (Wildman–Crippen LogP) is 3.25. The Kier molecular flexibility index (Phi) is 7.08. The second-order valence-electron chi connectivity index (χ2n) is 4.23. The van der Waals surface area contributed by atoms with Gasteiger partial charge in [0.05, 0.1) is 21.0 Å². The normalized spacial score (nSPS) is 11.8. The maximum Gasteiger partial charge on any atom is 0.308 e. The van der Waals surface area contributed by atoms with Gasteiger partial charge in [0, 0.05) is 12.6 Å². The summed E-state index contributed by atoms with van der Waals surface area (Å²) in [6, 6.07) is 2.82. The Morgan fingerprint density at radius 1 is 1.24 bits per heavy atom. The van der Waals surface area contributed by atoms with Crippen molar-refractivity contribution in [3.8, 4) is 5.75 Å². The molecule has 1 aromatic carbocycles. The van der Waals surface area contributed by atoms with Crippen molar-refractivity contribution >= 4 is 46.7 Å². The molecule has 1 atom stereocenters. The van der Waals surface area contributed by atoms with Gasteiger partial charge in [0.2, 0.25) is 0 Å². The van der Waals surface area contributed by atoms with Gasteiger partial charge in [-0.05, 0) is 12.5 Å². The van der Waals surface area contributed by atoms with Crippen molar-refractivity contribution in [1.82, 2.24) is 5.32 Å². The van der Waals surface area contributed by atoms with E-state index in [-0.39, 0.29) is 34.0 Å². The van der Waals surface area contributed by atoms with Crippen LogP contribution < -0.4 is 10.1 Å². The molecule has 0 aliphatic rings. The first-order valence-electron chi connectivity index (χ1n) is 6.12. The summed E-state index contributed by atoms with van der Waals surface area (Å²) in [4.78, 5) is 22.4. The van der Waals surface area contributed by atoms with Crippen LogP contribution in [-0.4, -0.2) is 30.1 Å². The maximum atomic E-state index is 11.6. The number of benzene rings is 1. The Morgan fingerprint density at radius 3 is 2.43 bits per heavy atom. The Bertz CT molecular complexity index is 536. The number of halogens is 3. The monoisotopic (exact) mass is 353 g/mol. The highest BCUT2D eigenvalue weighted by atomic mass is 35.5. The van der Waals surface area contributed by atoms with E-state index in [9.17, 15) is 9.59 Å². The standard InChI is InChI=1S/C13H14Cl3NO4/c1-2-7(13(19)20)5-17-12(18)6-21-11-4-9(15)8(14)3-10(11)16/h3-4,7H,2,5-6H2,1H3,(H,17,18)(H,19,20). The highest BCUT2D eigenvalue weighted by Crippen LogP contribution is 2.33. The number of ether oxygens (including phenoxy) is 1. The third-order valence-electron chi connectivity index (χ3n) is 2.72. The average molecular weight is 355 g/mol. The number of hydrogen-bond acceptors (Lipinski definition) is 3. The first-order valence-corrected chi connectivity index (χ1v) is 7.25. The molecular weight excluding hydrogens is 341 g/mol. The van der Waals surface area contributed by atoms with Crippen LogP contribution in [-0.2, 0) is 9.59 Å². The van der Waals surface area contributed by atoms with Crippen molar-refractivity contribution in [2.24, 2.45) is 5.92 Å². The molecule has 0 radical (unpaired) electrons. The fourth-order valence-electron chi connectivity index (χ4n) is 1.45. The molecule has 1 aromatic rings. The first-order chi connectivity index (χ1) is 9.85. The summed E-state index contributed by atoms with van der Waals surface area (Å²) in [5.74, 6) is -1.79. The average Bonchev–Trinajstić information content (AvgIpc) is 2.41. The fourth-order valence-corrected chi connectivity index (χ4v) is 2.04. The van der Waals surface area contributed by atoms with Crippen molar-refractivity contribution in [3.63, 3.8) is 0 Å². The molecule has 21 heavy (non-hydrogen) atoms. The van der Waals surface area contributed by atoms with Gasteiger partial charge in [0.1, 0.15) is 5.75 Å². The number of nitrogens with one attached hydrogen (secondary N) is 1. The zero-order valence-corrected chi connectivity index (χ0v) is 13.4. The number of rotatable bonds is 7. The van der Waals surface area contributed by atoms with Crippen molar-refractivity contribution in [1.29, 1.82) is 0 Å². The Morgan fingerprint density at radius 2 is 1.86 bits per heavy atom. The lowest BCUT2D eigenvalue weighted by Crippen LogP contribution is -2.35. The Hall–Kier alpha value is -1.17. The minimum absolute atomic E-state index is 0.0448. The molecule has 1 rings (SSSR count). The number of amides is 1. The highest BCUT2D eigenvalue weighted by Gasteiger charge is 2.16. The summed E-state index contributed by atoms with van der Waals surface area (Å²) in [5.41, 5.74) is 0. The van der Waals surface area contributed by atoms with Crippen molar-refractivity contribution < 1.29 is 19.4 Å². The number of aliphatic carboxylic acids is 1. The Labute approximate surface area is 137 Å². The fraction of sp³-hybridized carbons (Fsp3) is 0.385. The van der Waals surface area contributed by atoms with Gasteiger partial charge in [0.15, 0.2) is 6.61 Å². The molecule has 0 saturated carbocycles. The van der Waals surface area contributed by atoms with E-state index in [0.717, 1.165) is 0 Å². The summed E-state index contributed by atoms with van der Waals surface area (Å²) in [6.07, 6.45) is 0.426. The summed E-state index contributed by atoms with van der Waals surface area (Å²) in [5, 5.41) is 12.1. The Balaban J connectivity index is 2.50. The van der Waals surface area contributed by atoms with Gasteiger partial charge in [0.25, 0.3) is 5.91 Å². The van der Waals surface area contributed by atoms with E-state index in [4.69, 9.17) is 44.6 Å². The van der Waals surface area contributed by atoms with E-state index < -0.39 is 17.8 Å². The molecule has 0 aromatic heterocycles. The van der Waals surface area contributed by atoms with E-state index in [1.54, 1.807) is 6.92 Å². The lowest BCUT2D eigenvalue weighted by Gasteiger charge is -2.12. The molecule has 0 bridgehead atoms. The number of hydrogen-bond donors (Lipinski definition) is 2. The molecule has 0 aliphatic heterocycles. The van der Waals surface area contributed by atoms with E-state index in [1.165, 1.54) is 12.1 Å². The van der Waals surface area contributed by atoms with E-state index in [0.29, 0.717) is 6.42 Å². The predicted molar refractivity (Wildman–Crippen MR) is 81.4 cm³/mol. The summed E-state index contributed by atoms with van der Waals surface area (Å²) in [7, 11) is 0. The summed E-state index contributed by atoms with van der Waals surface area (Å²) < 4.78 is 5.23. The third-order valence-corrected chi connectivity index (χ3v) is 3.74. The van der Waals surface area contributed by atoms with Crippen molar-refractivity contribution in [2.45, 2.75) is 13.3 Å². The summed E-state index contributed by atoms with van der Waals surface area (Å²) >= 11 is 17.5. The molecule has 0 spiro atoms. The minimum atomic E-state index is -0.953. The molecule has 5 nitrogen and oxygen atoms in total. The number of carbonyl (C=O) groups excluding carboxylic acids is 1. The van der Waals surface area contributed by atoms with E-state index in [2.05, 4.69) is 5.32 Å². The quantitative estimate of drug-likeness (QED) is 0.737. The van der Waals surface area contributed by atoms with Crippen LogP contribution in [0.25, 0.3) is 0 Å². The van der Waals surface area contributed by atoms with Crippen molar-refractivity contribution in [2.75, 3.05) is 13.2 Å². The first kappa shape index (κ1) is 17.9. The molecular formula is C13H14Cl3NO4. The molecule has 116 valence electrons. The van der Waals surface area contributed by atoms with Crippen LogP contribution in [0.1, 0.15) is 13.3 Å². The van der Waals surface area contributed by atoms with Crippen LogP contribution >= 0.6 is 34.8 Å². The molecule has 0 heterocycles. The van der Waals surface area contributed by atoms with Gasteiger partial charge >= 0.3 is 5.97 Å². The van der Waals surface area contributed by atoms with Crippen molar-refractivity contribution in [3.05, 3.63) is 27.2 Å². The highest BCUT2D eigenvalue weighted by molar-refractivity contribution is 6.43. The van der Waals surface area contributed by atoms with Crippen LogP contribution in [0, 0.1) is 5.92 Å². The minimum Gasteiger partial charge on any atom is -0.482 e. The zero-order chi connectivity index (χ0) is 16.0. The van der Waals surface area contributed by atoms with Crippen LogP contribution in [0.2, 0.25) is 15.1 Å². The molecule has 0 fully saturated rings. The molecule has 1 unspecified atom stereocenters. The molecule has 1 amide bonds. The zero-order valence-electron chi connectivity index (χ0n) is 11.2. The third kappa shape index (κ3) is 5.61. The molecule has 0 aliphatic carbocycles. The largest absolute Gasteiger partial charge is 0.482 e. The van der Waals surface area contributed by atoms with Gasteiger partial charge in [-0.1, -0.05) is 41.7 Å². The van der Waals surface area contributed by atoms with Gasteiger partial charge in [-0.15, -0.1) is 0 Å². The number of carboxylic acids is 1. The number of carbonyl (C=O) groups is 2. The van der Waals surface area contributed by atoms with E-state index in [1.807, 2.05) is 0 Å². The molecule has 2 N–H and O–H groups in total. The molecule has 0 saturated heterocycles. The van der Waals surface area contributed by atoms with Crippen LogP contribution in [0.4, 0.5) is 0 Å². The van der Waals surface area contributed by atoms with Crippen LogP contribution in [0.3, 0.4) is 0 Å². The maximum absolute atomic E-state index is 11.6. The lowest BCUT2D eigenvalue weighted by molar-refractivity contribution is -0.141. The second-order valence-corrected chi connectivity index (χ2v) is 5.45. The summed E-state index contributed by atoms with van der Waals surface area (Å²) in [6.45, 7) is 1.48. The smallest absolute Gasteiger partial charge is 0.308 e. The van der Waals surface area contributed by atoms with Crippen LogP contribution in [0.15, 0.2) is 12.1 Å². The van der Waals surface area contributed by atoms with Gasteiger partial charge < -0.3 is 15.2 Å². The topological polar surface area (TPSA) is 75.6 Å². The van der Waals surface area contributed by atoms with Gasteiger partial charge in [-0.3, -0.25) is 9.59 Å². The van der Waals surface area contributed by atoms with Gasteiger partial charge in [-0.25, -0.2) is 0 Å². The van der Waals surface area contributed by atoms with Crippen LogP contribution in [0.5, 0.6) is 5.75 Å². The van der Waals surface area contributed by atoms with Gasteiger partial charge in [-0.2, -0.15) is 0 Å². The van der Waals surface area contributed by atoms with E-state index >= 15 is 0 Å². The number of carboxylic acid groups (broad SMARTS) is 1. The SMILES string of the molecule is CCC(CNC(=O)COc1cc(Cl)c(Cl)cc1Cl)C(=O)O. The lowest BCUT2D eigenvalue weighted by atomic mass is 10.1. The second kappa shape index (κ2) is 8.32. The molecule has 8 heteroatoms.